The van der Waals surface area contributed by atoms with Gasteiger partial charge in [-0.15, -0.1) is 11.6 Å². The van der Waals surface area contributed by atoms with Crippen LogP contribution >= 0.6 is 11.6 Å². The van der Waals surface area contributed by atoms with Gasteiger partial charge in [0.15, 0.2) is 0 Å². The molecule has 0 heterocycles. The third-order valence-corrected chi connectivity index (χ3v) is 4.28. The van der Waals surface area contributed by atoms with Crippen molar-refractivity contribution in [2.75, 3.05) is 11.2 Å². The Hall–Kier alpha value is -1.84. The molecule has 21 heavy (non-hydrogen) atoms. The molecule has 0 bridgehead atoms. The number of anilines is 1. The summed E-state index contributed by atoms with van der Waals surface area (Å²) in [4.78, 5) is 11.2. The first kappa shape index (κ1) is 14.1. The predicted molar refractivity (Wildman–Crippen MR) is 85.5 cm³/mol. The van der Waals surface area contributed by atoms with Gasteiger partial charge in [-0.2, -0.15) is 0 Å². The molecule has 1 amide bonds. The number of halogens is 1. The second kappa shape index (κ2) is 5.51. The first-order valence-electron chi connectivity index (χ1n) is 6.93. The van der Waals surface area contributed by atoms with Crippen molar-refractivity contribution in [3.63, 3.8) is 0 Å². The van der Waals surface area contributed by atoms with Crippen molar-refractivity contribution in [1.82, 2.24) is 0 Å². The molecule has 0 aliphatic heterocycles. The van der Waals surface area contributed by atoms with Crippen molar-refractivity contribution < 1.29 is 4.79 Å². The molecule has 1 aliphatic carbocycles. The summed E-state index contributed by atoms with van der Waals surface area (Å²) in [6, 6.07) is 18.0. The van der Waals surface area contributed by atoms with Gasteiger partial charge in [-0.1, -0.05) is 42.5 Å². The maximum Gasteiger partial charge on any atom is 0.239 e. The Labute approximate surface area is 129 Å². The summed E-state index contributed by atoms with van der Waals surface area (Å²) < 4.78 is 0. The Bertz CT molecular complexity index is 642. The highest BCUT2D eigenvalue weighted by atomic mass is 35.5. The molecule has 3 N–H and O–H groups in total. The van der Waals surface area contributed by atoms with Crippen LogP contribution in [0.5, 0.6) is 0 Å². The minimum Gasteiger partial charge on any atom is -0.325 e. The van der Waals surface area contributed by atoms with Crippen molar-refractivity contribution >= 4 is 23.2 Å². The molecule has 0 spiro atoms. The molecule has 3 rings (SSSR count). The van der Waals surface area contributed by atoms with Crippen molar-refractivity contribution in [2.45, 2.75) is 17.9 Å². The van der Waals surface area contributed by atoms with Gasteiger partial charge in [-0.3, -0.25) is 4.79 Å². The molecular weight excluding hydrogens is 284 g/mol. The van der Waals surface area contributed by atoms with Crippen LogP contribution in [0.4, 0.5) is 5.69 Å². The third kappa shape index (κ3) is 2.80. The van der Waals surface area contributed by atoms with Gasteiger partial charge < -0.3 is 11.1 Å². The molecule has 1 aliphatic rings. The van der Waals surface area contributed by atoms with E-state index in [-0.39, 0.29) is 17.3 Å². The van der Waals surface area contributed by atoms with Gasteiger partial charge in [0.1, 0.15) is 5.88 Å². The first-order valence-corrected chi connectivity index (χ1v) is 7.47. The Morgan fingerprint density at radius 2 is 1.86 bits per heavy atom. The van der Waals surface area contributed by atoms with Gasteiger partial charge in [0, 0.05) is 17.1 Å². The maximum absolute atomic E-state index is 11.2. The van der Waals surface area contributed by atoms with Crippen molar-refractivity contribution in [3.8, 4) is 0 Å². The molecule has 108 valence electrons. The third-order valence-electron chi connectivity index (χ3n) is 4.03. The lowest BCUT2D eigenvalue weighted by Gasteiger charge is -2.13. The quantitative estimate of drug-likeness (QED) is 0.852. The summed E-state index contributed by atoms with van der Waals surface area (Å²) in [6.07, 6.45) is 0.949. The highest BCUT2D eigenvalue weighted by Crippen LogP contribution is 2.56. The molecule has 0 aromatic heterocycles. The number of hydrogen-bond acceptors (Lipinski definition) is 2. The van der Waals surface area contributed by atoms with Crippen molar-refractivity contribution in [1.29, 1.82) is 0 Å². The van der Waals surface area contributed by atoms with Crippen LogP contribution in [0.2, 0.25) is 0 Å². The van der Waals surface area contributed by atoms with Crippen LogP contribution in [-0.4, -0.2) is 11.8 Å². The summed E-state index contributed by atoms with van der Waals surface area (Å²) in [7, 11) is 0. The number of carbonyl (C=O) groups excluding carboxylic acids is 1. The normalized spacial score (nSPS) is 23.6. The maximum atomic E-state index is 11.2. The topological polar surface area (TPSA) is 55.1 Å². The molecule has 2 aromatic rings. The monoisotopic (exact) mass is 300 g/mol. The number of alkyl halides is 1. The molecule has 0 saturated heterocycles. The fourth-order valence-electron chi connectivity index (χ4n) is 2.76. The highest BCUT2D eigenvalue weighted by molar-refractivity contribution is 6.29. The molecule has 1 fully saturated rings. The second-order valence-corrected chi connectivity index (χ2v) is 5.73. The Kier molecular flexibility index (Phi) is 3.70. The van der Waals surface area contributed by atoms with E-state index in [1.165, 1.54) is 5.56 Å². The van der Waals surface area contributed by atoms with Crippen LogP contribution in [0.3, 0.4) is 0 Å². The molecule has 3 nitrogen and oxygen atoms in total. The van der Waals surface area contributed by atoms with E-state index < -0.39 is 0 Å². The standard InChI is InChI=1S/C17H17ClN2O/c18-11-16(21)20-14-8-6-13(7-9-14)17(19)10-15(17)12-4-2-1-3-5-12/h1-9,15H,10-11,19H2,(H,20,21). The van der Waals surface area contributed by atoms with Crippen LogP contribution < -0.4 is 11.1 Å². The Morgan fingerprint density at radius 3 is 2.48 bits per heavy atom. The van der Waals surface area contributed by atoms with E-state index in [1.807, 2.05) is 42.5 Å². The van der Waals surface area contributed by atoms with Crippen molar-refractivity contribution in [3.05, 3.63) is 65.7 Å². The van der Waals surface area contributed by atoms with Crippen molar-refractivity contribution in [2.24, 2.45) is 5.73 Å². The fraction of sp³-hybridized carbons (Fsp3) is 0.235. The lowest BCUT2D eigenvalue weighted by atomic mass is 9.99. The molecule has 4 heteroatoms. The Balaban J connectivity index is 1.75. The number of amides is 1. The summed E-state index contributed by atoms with van der Waals surface area (Å²) in [5, 5.41) is 2.72. The Morgan fingerprint density at radius 1 is 1.19 bits per heavy atom. The van der Waals surface area contributed by atoms with Gasteiger partial charge in [0.05, 0.1) is 0 Å². The van der Waals surface area contributed by atoms with Crippen LogP contribution in [-0.2, 0) is 10.3 Å². The van der Waals surface area contributed by atoms with Gasteiger partial charge in [-0.05, 0) is 29.7 Å². The van der Waals surface area contributed by atoms with E-state index >= 15 is 0 Å². The SMILES string of the molecule is NC1(c2ccc(NC(=O)CCl)cc2)CC1c1ccccc1. The number of rotatable bonds is 4. The van der Waals surface area contributed by atoms with Gasteiger partial charge in [-0.25, -0.2) is 0 Å². The second-order valence-electron chi connectivity index (χ2n) is 5.47. The summed E-state index contributed by atoms with van der Waals surface area (Å²) >= 11 is 5.47. The highest BCUT2D eigenvalue weighted by Gasteiger charge is 2.52. The number of hydrogen-bond donors (Lipinski definition) is 2. The number of carbonyl (C=O) groups is 1. The van der Waals surface area contributed by atoms with Crippen LogP contribution in [0.25, 0.3) is 0 Å². The van der Waals surface area contributed by atoms with E-state index in [1.54, 1.807) is 0 Å². The molecule has 2 unspecified atom stereocenters. The first-order chi connectivity index (χ1) is 10.1. The largest absolute Gasteiger partial charge is 0.325 e. The van der Waals surface area contributed by atoms with E-state index in [4.69, 9.17) is 17.3 Å². The van der Waals surface area contributed by atoms with E-state index in [2.05, 4.69) is 17.4 Å². The average molecular weight is 301 g/mol. The molecule has 2 aromatic carbocycles. The van der Waals surface area contributed by atoms with E-state index in [0.717, 1.165) is 17.7 Å². The molecule has 0 radical (unpaired) electrons. The van der Waals surface area contributed by atoms with Crippen LogP contribution in [0.15, 0.2) is 54.6 Å². The summed E-state index contributed by atoms with van der Waals surface area (Å²) in [5.41, 5.74) is 9.33. The van der Waals surface area contributed by atoms with Crippen LogP contribution in [0.1, 0.15) is 23.5 Å². The van der Waals surface area contributed by atoms with E-state index in [0.29, 0.717) is 5.92 Å². The molecular formula is C17H17ClN2O. The van der Waals surface area contributed by atoms with Gasteiger partial charge in [0.2, 0.25) is 5.91 Å². The number of benzene rings is 2. The lowest BCUT2D eigenvalue weighted by Crippen LogP contribution is -2.21. The zero-order valence-corrected chi connectivity index (χ0v) is 12.3. The van der Waals surface area contributed by atoms with E-state index in [9.17, 15) is 4.79 Å². The molecule has 1 saturated carbocycles. The van der Waals surface area contributed by atoms with Gasteiger partial charge >= 0.3 is 0 Å². The number of nitrogens with one attached hydrogen (secondary N) is 1. The van der Waals surface area contributed by atoms with Gasteiger partial charge in [0.25, 0.3) is 0 Å². The molecule has 2 atom stereocenters. The minimum atomic E-state index is -0.295. The fourth-order valence-corrected chi connectivity index (χ4v) is 2.82. The number of nitrogens with two attached hydrogens (primary N) is 1. The zero-order valence-electron chi connectivity index (χ0n) is 11.6. The average Bonchev–Trinajstić information content (AvgIpc) is 3.22. The summed E-state index contributed by atoms with van der Waals surface area (Å²) in [6.45, 7) is 0. The zero-order chi connectivity index (χ0) is 14.9. The predicted octanol–water partition coefficient (Wildman–Crippen LogP) is 3.21. The minimum absolute atomic E-state index is 0.0430. The van der Waals surface area contributed by atoms with Crippen LogP contribution in [0, 0.1) is 0 Å². The summed E-state index contributed by atoms with van der Waals surface area (Å²) in [5.74, 6) is 0.112. The lowest BCUT2D eigenvalue weighted by molar-refractivity contribution is -0.113. The smallest absolute Gasteiger partial charge is 0.239 e.